The van der Waals surface area contributed by atoms with E-state index in [1.807, 2.05) is 12.1 Å². The Morgan fingerprint density at radius 3 is 2.48 bits per heavy atom. The van der Waals surface area contributed by atoms with E-state index in [-0.39, 0.29) is 24.8 Å². The number of carbonyl (C=O) groups is 1. The first-order valence-electron chi connectivity index (χ1n) is 8.30. The third-order valence-electron chi connectivity index (χ3n) is 4.04. The van der Waals surface area contributed by atoms with E-state index in [0.29, 0.717) is 28.7 Å². The van der Waals surface area contributed by atoms with E-state index in [1.54, 1.807) is 18.2 Å². The minimum atomic E-state index is -0.479. The van der Waals surface area contributed by atoms with Crippen LogP contribution < -0.4 is 20.7 Å². The molecule has 1 aliphatic rings. The zero-order valence-corrected chi connectivity index (χ0v) is 17.1. The zero-order chi connectivity index (χ0) is 17.6. The fraction of sp³-hybridized carbons (Fsp3) is 0.333. The minimum Gasteiger partial charge on any atom is -0.423 e. The molecular formula is C18H23Cl3N4O2. The number of esters is 1. The number of aromatic nitrogens is 1. The van der Waals surface area contributed by atoms with Crippen molar-refractivity contribution in [1.29, 1.82) is 0 Å². The molecule has 6 nitrogen and oxygen atoms in total. The summed E-state index contributed by atoms with van der Waals surface area (Å²) in [5.41, 5.74) is 6.96. The van der Waals surface area contributed by atoms with Gasteiger partial charge in [-0.25, -0.2) is 9.78 Å². The van der Waals surface area contributed by atoms with Crippen LogP contribution in [0, 0.1) is 0 Å². The van der Waals surface area contributed by atoms with Crippen molar-refractivity contribution in [2.75, 3.05) is 37.6 Å². The van der Waals surface area contributed by atoms with Gasteiger partial charge in [-0.15, -0.1) is 24.8 Å². The first-order valence-corrected chi connectivity index (χ1v) is 8.67. The fourth-order valence-electron chi connectivity index (χ4n) is 2.71. The summed E-state index contributed by atoms with van der Waals surface area (Å²) >= 11 is 6.32. The Morgan fingerprint density at radius 1 is 1.22 bits per heavy atom. The van der Waals surface area contributed by atoms with Gasteiger partial charge >= 0.3 is 5.97 Å². The molecule has 0 amide bonds. The molecule has 1 aromatic carbocycles. The van der Waals surface area contributed by atoms with Gasteiger partial charge in [-0.05, 0) is 36.7 Å². The van der Waals surface area contributed by atoms with Crippen LogP contribution in [-0.2, 0) is 6.42 Å². The molecule has 0 atom stereocenters. The van der Waals surface area contributed by atoms with E-state index in [9.17, 15) is 4.79 Å². The van der Waals surface area contributed by atoms with E-state index in [1.165, 1.54) is 6.20 Å². The molecule has 0 unspecified atom stereocenters. The number of rotatable bonds is 5. The molecule has 3 N–H and O–H groups in total. The second-order valence-corrected chi connectivity index (χ2v) is 6.25. The maximum atomic E-state index is 12.3. The number of nitrogens with zero attached hydrogens (tertiary/aromatic N) is 2. The number of pyridine rings is 1. The smallest absolute Gasteiger partial charge is 0.345 e. The fourth-order valence-corrected chi connectivity index (χ4v) is 2.99. The lowest BCUT2D eigenvalue weighted by Crippen LogP contribution is -2.44. The molecule has 0 saturated carbocycles. The Hall–Kier alpha value is -1.57. The topological polar surface area (TPSA) is 80.5 Å². The maximum absolute atomic E-state index is 12.3. The van der Waals surface area contributed by atoms with Gasteiger partial charge in [-0.1, -0.05) is 23.7 Å². The Bertz CT molecular complexity index is 738. The summed E-state index contributed by atoms with van der Waals surface area (Å²) in [6.07, 6.45) is 2.30. The Labute approximate surface area is 176 Å². The third-order valence-corrected chi connectivity index (χ3v) is 4.32. The molecule has 0 bridgehead atoms. The lowest BCUT2D eigenvalue weighted by Gasteiger charge is -2.29. The highest BCUT2D eigenvalue weighted by molar-refractivity contribution is 6.33. The van der Waals surface area contributed by atoms with Gasteiger partial charge in [0, 0.05) is 32.4 Å². The SMILES string of the molecule is Cl.Cl.NCCc1ccc(OC(=O)c2cnc(N3CCNCC3)c(Cl)c2)cc1. The predicted octanol–water partition coefficient (Wildman–Crippen LogP) is 2.71. The van der Waals surface area contributed by atoms with Gasteiger partial charge in [-0.2, -0.15) is 0 Å². The summed E-state index contributed by atoms with van der Waals surface area (Å²) in [6, 6.07) is 8.92. The molecule has 148 valence electrons. The van der Waals surface area contributed by atoms with Crippen LogP contribution in [0.1, 0.15) is 15.9 Å². The van der Waals surface area contributed by atoms with Gasteiger partial charge in [0.1, 0.15) is 11.6 Å². The quantitative estimate of drug-likeness (QED) is 0.557. The van der Waals surface area contributed by atoms with Crippen LogP contribution in [0.5, 0.6) is 5.75 Å². The standard InChI is InChI=1S/C18H21ClN4O2.2ClH/c19-16-11-14(12-22-17(16)23-9-7-21-8-10-23)18(24)25-15-3-1-13(2-4-15)5-6-20;;/h1-4,11-12,21H,5-10,20H2;2*1H. The molecule has 1 aromatic heterocycles. The Balaban J connectivity index is 0.00000182. The number of nitrogens with two attached hydrogens (primary N) is 1. The van der Waals surface area contributed by atoms with Crippen LogP contribution in [0.4, 0.5) is 5.82 Å². The summed E-state index contributed by atoms with van der Waals surface area (Å²) in [5, 5.41) is 3.73. The summed E-state index contributed by atoms with van der Waals surface area (Å²) in [7, 11) is 0. The lowest BCUT2D eigenvalue weighted by molar-refractivity contribution is 0.0734. The van der Waals surface area contributed by atoms with E-state index >= 15 is 0 Å². The number of hydrogen-bond acceptors (Lipinski definition) is 6. The van der Waals surface area contributed by atoms with E-state index in [4.69, 9.17) is 22.1 Å². The van der Waals surface area contributed by atoms with Crippen LogP contribution in [0.25, 0.3) is 0 Å². The summed E-state index contributed by atoms with van der Waals surface area (Å²) in [6.45, 7) is 4.05. The average Bonchev–Trinajstić information content (AvgIpc) is 2.64. The molecule has 1 saturated heterocycles. The highest BCUT2D eigenvalue weighted by Gasteiger charge is 2.17. The predicted molar refractivity (Wildman–Crippen MR) is 113 cm³/mol. The monoisotopic (exact) mass is 432 g/mol. The van der Waals surface area contributed by atoms with Crippen molar-refractivity contribution < 1.29 is 9.53 Å². The Kier molecular flexibility index (Phi) is 9.83. The van der Waals surface area contributed by atoms with E-state index < -0.39 is 5.97 Å². The number of benzene rings is 1. The summed E-state index contributed by atoms with van der Waals surface area (Å²) < 4.78 is 5.38. The highest BCUT2D eigenvalue weighted by atomic mass is 35.5. The number of carbonyl (C=O) groups excluding carboxylic acids is 1. The molecule has 3 rings (SSSR count). The van der Waals surface area contributed by atoms with Crippen LogP contribution in [0.2, 0.25) is 5.02 Å². The number of halogens is 3. The van der Waals surface area contributed by atoms with Crippen molar-refractivity contribution in [3.05, 3.63) is 52.7 Å². The zero-order valence-electron chi connectivity index (χ0n) is 14.7. The highest BCUT2D eigenvalue weighted by Crippen LogP contribution is 2.25. The first kappa shape index (κ1) is 23.5. The molecule has 1 aliphatic heterocycles. The van der Waals surface area contributed by atoms with Gasteiger partial charge < -0.3 is 20.7 Å². The molecule has 2 aromatic rings. The van der Waals surface area contributed by atoms with Crippen LogP contribution in [0.3, 0.4) is 0 Å². The van der Waals surface area contributed by atoms with Crippen molar-refractivity contribution in [2.45, 2.75) is 6.42 Å². The normalized spacial score (nSPS) is 13.3. The largest absolute Gasteiger partial charge is 0.423 e. The van der Waals surface area contributed by atoms with Crippen molar-refractivity contribution >= 4 is 48.2 Å². The van der Waals surface area contributed by atoms with E-state index in [2.05, 4.69) is 15.2 Å². The molecule has 9 heteroatoms. The maximum Gasteiger partial charge on any atom is 0.345 e. The van der Waals surface area contributed by atoms with Gasteiger partial charge in [0.25, 0.3) is 0 Å². The van der Waals surface area contributed by atoms with Crippen LogP contribution in [0.15, 0.2) is 36.5 Å². The first-order chi connectivity index (χ1) is 12.2. The number of ether oxygens (including phenoxy) is 1. The molecule has 2 heterocycles. The second kappa shape index (κ2) is 11.3. The van der Waals surface area contributed by atoms with Crippen molar-refractivity contribution in [2.24, 2.45) is 5.73 Å². The molecule has 0 spiro atoms. The average molecular weight is 434 g/mol. The lowest BCUT2D eigenvalue weighted by atomic mass is 10.1. The van der Waals surface area contributed by atoms with Crippen molar-refractivity contribution in [1.82, 2.24) is 10.3 Å². The summed E-state index contributed by atoms with van der Waals surface area (Å²) in [5.74, 6) is 0.701. The van der Waals surface area contributed by atoms with Crippen LogP contribution >= 0.6 is 36.4 Å². The number of hydrogen-bond donors (Lipinski definition) is 2. The minimum absolute atomic E-state index is 0. The van der Waals surface area contributed by atoms with Gasteiger partial charge in [0.15, 0.2) is 0 Å². The number of nitrogens with one attached hydrogen (secondary N) is 1. The molecule has 0 aliphatic carbocycles. The molecule has 27 heavy (non-hydrogen) atoms. The van der Waals surface area contributed by atoms with Crippen LogP contribution in [-0.4, -0.2) is 43.7 Å². The van der Waals surface area contributed by atoms with Crippen molar-refractivity contribution in [3.8, 4) is 5.75 Å². The molecule has 0 radical (unpaired) electrons. The van der Waals surface area contributed by atoms with Gasteiger partial charge in [-0.3, -0.25) is 0 Å². The number of anilines is 1. The van der Waals surface area contributed by atoms with Gasteiger partial charge in [0.2, 0.25) is 0 Å². The molecular weight excluding hydrogens is 411 g/mol. The third kappa shape index (κ3) is 6.23. The number of piperazine rings is 1. The van der Waals surface area contributed by atoms with E-state index in [0.717, 1.165) is 38.2 Å². The Morgan fingerprint density at radius 2 is 1.89 bits per heavy atom. The molecule has 1 fully saturated rings. The summed E-state index contributed by atoms with van der Waals surface area (Å²) in [4.78, 5) is 18.8. The van der Waals surface area contributed by atoms with Crippen molar-refractivity contribution in [3.63, 3.8) is 0 Å². The second-order valence-electron chi connectivity index (χ2n) is 5.84. The van der Waals surface area contributed by atoms with Gasteiger partial charge in [0.05, 0.1) is 10.6 Å².